The summed E-state index contributed by atoms with van der Waals surface area (Å²) >= 11 is 0. The number of aryl methyl sites for hydroxylation is 2. The maximum absolute atomic E-state index is 11.2. The van der Waals surface area contributed by atoms with Crippen LogP contribution in [0.2, 0.25) is 0 Å². The van der Waals surface area contributed by atoms with Gasteiger partial charge in [-0.05, 0) is 25.5 Å². The number of esters is 1. The Labute approximate surface area is 83.5 Å². The summed E-state index contributed by atoms with van der Waals surface area (Å²) < 4.78 is 4.62. The van der Waals surface area contributed by atoms with Crippen LogP contribution in [0.25, 0.3) is 0 Å². The number of hydrogen-bond acceptors (Lipinski definition) is 3. The van der Waals surface area contributed by atoms with Gasteiger partial charge in [-0.2, -0.15) is 0 Å². The summed E-state index contributed by atoms with van der Waals surface area (Å²) in [6.07, 6.45) is 1.68. The van der Waals surface area contributed by atoms with E-state index in [1.807, 2.05) is 6.92 Å². The van der Waals surface area contributed by atoms with Crippen molar-refractivity contribution in [2.75, 3.05) is 7.11 Å². The van der Waals surface area contributed by atoms with Gasteiger partial charge in [0.25, 0.3) is 0 Å². The highest BCUT2D eigenvalue weighted by atomic mass is 35.5. The van der Waals surface area contributed by atoms with Gasteiger partial charge < -0.3 is 4.74 Å². The molecule has 0 unspecified atom stereocenters. The lowest BCUT2D eigenvalue weighted by atomic mass is 10.1. The first-order chi connectivity index (χ1) is 5.66. The molecule has 0 aliphatic rings. The van der Waals surface area contributed by atoms with Crippen LogP contribution in [0.1, 0.15) is 21.6 Å². The van der Waals surface area contributed by atoms with Crippen LogP contribution in [-0.4, -0.2) is 18.1 Å². The lowest BCUT2D eigenvalue weighted by Crippen LogP contribution is -2.07. The molecule has 1 aromatic rings. The van der Waals surface area contributed by atoms with Crippen LogP contribution in [0, 0.1) is 13.8 Å². The maximum Gasteiger partial charge on any atom is 0.339 e. The molecule has 0 N–H and O–H groups in total. The third-order valence-corrected chi connectivity index (χ3v) is 1.74. The van der Waals surface area contributed by atoms with Crippen LogP contribution in [0.3, 0.4) is 0 Å². The fourth-order valence-electron chi connectivity index (χ4n) is 1.10. The minimum atomic E-state index is -0.321. The molecule has 0 amide bonds. The van der Waals surface area contributed by atoms with Crippen LogP contribution in [0.5, 0.6) is 0 Å². The van der Waals surface area contributed by atoms with Crippen LogP contribution < -0.4 is 0 Å². The summed E-state index contributed by atoms with van der Waals surface area (Å²) in [5.41, 5.74) is 2.18. The molecule has 4 heteroatoms. The van der Waals surface area contributed by atoms with E-state index in [4.69, 9.17) is 0 Å². The minimum absolute atomic E-state index is 0. The molecule has 0 atom stereocenters. The molecule has 1 rings (SSSR count). The van der Waals surface area contributed by atoms with Gasteiger partial charge >= 0.3 is 5.97 Å². The molecule has 0 saturated heterocycles. The van der Waals surface area contributed by atoms with Gasteiger partial charge in [0.1, 0.15) is 0 Å². The zero-order valence-electron chi connectivity index (χ0n) is 7.83. The van der Waals surface area contributed by atoms with Gasteiger partial charge in [-0.3, -0.25) is 4.98 Å². The Bertz CT molecular complexity index is 292. The van der Waals surface area contributed by atoms with Crippen molar-refractivity contribution in [3.05, 3.63) is 29.1 Å². The van der Waals surface area contributed by atoms with Crippen LogP contribution in [0.4, 0.5) is 0 Å². The second-order valence-corrected chi connectivity index (χ2v) is 2.58. The first-order valence-electron chi connectivity index (χ1n) is 3.67. The Morgan fingerprint density at radius 2 is 2.08 bits per heavy atom. The lowest BCUT2D eigenvalue weighted by molar-refractivity contribution is 0.0598. The highest BCUT2D eigenvalue weighted by molar-refractivity contribution is 5.91. The molecule has 1 heterocycles. The van der Waals surface area contributed by atoms with E-state index in [1.54, 1.807) is 19.2 Å². The van der Waals surface area contributed by atoms with Gasteiger partial charge in [0.15, 0.2) is 0 Å². The van der Waals surface area contributed by atoms with E-state index >= 15 is 0 Å². The number of aromatic nitrogens is 1. The second kappa shape index (κ2) is 4.82. The van der Waals surface area contributed by atoms with Crippen molar-refractivity contribution in [1.29, 1.82) is 0 Å². The molecule has 72 valence electrons. The highest BCUT2D eigenvalue weighted by Gasteiger charge is 2.11. The fraction of sp³-hybridized carbons (Fsp3) is 0.333. The zero-order valence-corrected chi connectivity index (χ0v) is 8.64. The van der Waals surface area contributed by atoms with E-state index in [2.05, 4.69) is 9.72 Å². The number of carbonyl (C=O) groups excluding carboxylic acids is 1. The van der Waals surface area contributed by atoms with Crippen LogP contribution >= 0.6 is 12.4 Å². The Kier molecular flexibility index (Phi) is 4.42. The second-order valence-electron chi connectivity index (χ2n) is 2.58. The van der Waals surface area contributed by atoms with Crippen molar-refractivity contribution in [2.45, 2.75) is 13.8 Å². The quantitative estimate of drug-likeness (QED) is 0.652. The molecule has 1 aromatic heterocycles. The summed E-state index contributed by atoms with van der Waals surface area (Å²) in [7, 11) is 1.37. The van der Waals surface area contributed by atoms with Crippen molar-refractivity contribution in [3.63, 3.8) is 0 Å². The van der Waals surface area contributed by atoms with Crippen molar-refractivity contribution in [2.24, 2.45) is 0 Å². The predicted octanol–water partition coefficient (Wildman–Crippen LogP) is 1.91. The van der Waals surface area contributed by atoms with Gasteiger partial charge in [-0.1, -0.05) is 0 Å². The standard InChI is InChI=1S/C9H11NO2.ClH/c1-6-4-5-10-7(2)8(6)9(11)12-3;/h4-5H,1-3H3;1H. The van der Waals surface area contributed by atoms with Gasteiger partial charge in [0, 0.05) is 6.20 Å². The third kappa shape index (κ3) is 2.42. The third-order valence-electron chi connectivity index (χ3n) is 1.74. The Morgan fingerprint density at radius 1 is 1.46 bits per heavy atom. The number of nitrogens with zero attached hydrogens (tertiary/aromatic N) is 1. The summed E-state index contributed by atoms with van der Waals surface area (Å²) in [6.45, 7) is 3.65. The Balaban J connectivity index is 0.00000144. The highest BCUT2D eigenvalue weighted by Crippen LogP contribution is 2.11. The van der Waals surface area contributed by atoms with E-state index in [-0.39, 0.29) is 18.4 Å². The normalized spacial score (nSPS) is 8.85. The summed E-state index contributed by atoms with van der Waals surface area (Å²) in [5, 5.41) is 0. The van der Waals surface area contributed by atoms with Gasteiger partial charge in [-0.15, -0.1) is 12.4 Å². The van der Waals surface area contributed by atoms with Crippen molar-refractivity contribution >= 4 is 18.4 Å². The summed E-state index contributed by atoms with van der Waals surface area (Å²) in [4.78, 5) is 15.2. The first kappa shape index (κ1) is 11.9. The predicted molar refractivity (Wildman–Crippen MR) is 52.3 cm³/mol. The van der Waals surface area contributed by atoms with Gasteiger partial charge in [0.2, 0.25) is 0 Å². The topological polar surface area (TPSA) is 39.2 Å². The van der Waals surface area contributed by atoms with E-state index in [9.17, 15) is 4.79 Å². The maximum atomic E-state index is 11.2. The van der Waals surface area contributed by atoms with E-state index in [1.165, 1.54) is 7.11 Å². The van der Waals surface area contributed by atoms with Crippen LogP contribution in [0.15, 0.2) is 12.3 Å². The molecular weight excluding hydrogens is 190 g/mol. The molecule has 0 saturated carbocycles. The average Bonchev–Trinajstić information content (AvgIpc) is 2.03. The molecule has 0 aliphatic carbocycles. The van der Waals surface area contributed by atoms with Crippen LogP contribution in [-0.2, 0) is 4.74 Å². The van der Waals surface area contributed by atoms with Crippen molar-refractivity contribution in [1.82, 2.24) is 4.98 Å². The van der Waals surface area contributed by atoms with E-state index in [0.29, 0.717) is 11.3 Å². The number of pyridine rings is 1. The van der Waals surface area contributed by atoms with E-state index < -0.39 is 0 Å². The van der Waals surface area contributed by atoms with Gasteiger partial charge in [-0.25, -0.2) is 4.79 Å². The van der Waals surface area contributed by atoms with Crippen molar-refractivity contribution < 1.29 is 9.53 Å². The first-order valence-corrected chi connectivity index (χ1v) is 3.67. The lowest BCUT2D eigenvalue weighted by Gasteiger charge is -2.04. The summed E-state index contributed by atoms with van der Waals surface area (Å²) in [6, 6.07) is 1.79. The largest absolute Gasteiger partial charge is 0.465 e. The number of ether oxygens (including phenoxy) is 1. The smallest absolute Gasteiger partial charge is 0.339 e. The molecule has 0 fully saturated rings. The average molecular weight is 202 g/mol. The number of methoxy groups -OCH3 is 1. The molecule has 3 nitrogen and oxygen atoms in total. The molecular formula is C9H12ClNO2. The molecule has 0 aromatic carbocycles. The number of halogens is 1. The van der Waals surface area contributed by atoms with Crippen molar-refractivity contribution in [3.8, 4) is 0 Å². The summed E-state index contributed by atoms with van der Waals surface area (Å²) in [5.74, 6) is -0.321. The van der Waals surface area contributed by atoms with E-state index in [0.717, 1.165) is 5.56 Å². The zero-order chi connectivity index (χ0) is 9.14. The fourth-order valence-corrected chi connectivity index (χ4v) is 1.10. The SMILES string of the molecule is COC(=O)c1c(C)ccnc1C.Cl. The van der Waals surface area contributed by atoms with Gasteiger partial charge in [0.05, 0.1) is 18.4 Å². The Hall–Kier alpha value is -1.09. The number of rotatable bonds is 1. The molecule has 0 bridgehead atoms. The molecule has 13 heavy (non-hydrogen) atoms. The molecule has 0 radical (unpaired) electrons. The molecule has 0 spiro atoms. The number of carbonyl (C=O) groups is 1. The monoisotopic (exact) mass is 201 g/mol. The molecule has 0 aliphatic heterocycles. The Morgan fingerprint density at radius 3 is 2.54 bits per heavy atom. The number of hydrogen-bond donors (Lipinski definition) is 0. The minimum Gasteiger partial charge on any atom is -0.465 e.